The molecule has 4 amide bonds. The van der Waals surface area contributed by atoms with Crippen LogP contribution < -0.4 is 21.7 Å². The summed E-state index contributed by atoms with van der Waals surface area (Å²) in [7, 11) is 0. The molecule has 0 saturated carbocycles. The van der Waals surface area contributed by atoms with Gasteiger partial charge >= 0.3 is 0 Å². The summed E-state index contributed by atoms with van der Waals surface area (Å²) in [5.41, 5.74) is 9.86. The van der Waals surface area contributed by atoms with Crippen molar-refractivity contribution in [1.82, 2.24) is 30.8 Å². The number of fused-ring (bicyclic) bond motifs is 2. The summed E-state index contributed by atoms with van der Waals surface area (Å²) in [6.45, 7) is 3.88. The molecule has 5 rings (SSSR count). The maximum atomic E-state index is 14.1. The number of rotatable bonds is 7. The highest BCUT2D eigenvalue weighted by Crippen LogP contribution is 2.22. The predicted molar refractivity (Wildman–Crippen MR) is 203 cm³/mol. The first-order chi connectivity index (χ1) is 23.7. The predicted octanol–water partition coefficient (Wildman–Crippen LogP) is 4.31. The monoisotopic (exact) mass is 753 g/mol. The molecule has 0 radical (unpaired) electrons. The molecule has 51 heavy (non-hydrogen) atoms. The Morgan fingerprint density at radius 3 is 2.35 bits per heavy atom. The number of hydrogen-bond donors (Lipinski definition) is 4. The van der Waals surface area contributed by atoms with Gasteiger partial charge in [0, 0.05) is 30.9 Å². The van der Waals surface area contributed by atoms with Crippen LogP contribution in [-0.2, 0) is 28.9 Å². The lowest BCUT2D eigenvalue weighted by molar-refractivity contribution is -0.124. The Hall–Kier alpha value is -4.36. The van der Waals surface area contributed by atoms with Gasteiger partial charge in [0.1, 0.15) is 16.7 Å². The third-order valence-electron chi connectivity index (χ3n) is 8.35. The van der Waals surface area contributed by atoms with Crippen molar-refractivity contribution in [3.8, 4) is 0 Å². The first-order valence-corrected chi connectivity index (χ1v) is 17.4. The number of benzene rings is 2. The normalized spacial score (nSPS) is 17.9. The Labute approximate surface area is 315 Å². The molecule has 0 spiro atoms. The number of halogens is 2. The van der Waals surface area contributed by atoms with Crippen molar-refractivity contribution >= 4 is 59.8 Å². The van der Waals surface area contributed by atoms with Crippen LogP contribution in [0.3, 0.4) is 0 Å². The summed E-state index contributed by atoms with van der Waals surface area (Å²) >= 11 is 1.30. The fraction of sp³-hybridized carbons (Fsp3) is 0.351. The molecule has 1 aliphatic rings. The number of nitrogens with two attached hydrogens (primary N) is 1. The zero-order chi connectivity index (χ0) is 34.8. The Kier molecular flexibility index (Phi) is 16.0. The largest absolute Gasteiger partial charge is 0.355 e. The van der Waals surface area contributed by atoms with E-state index < -0.39 is 35.8 Å². The van der Waals surface area contributed by atoms with E-state index in [1.807, 2.05) is 74.5 Å². The van der Waals surface area contributed by atoms with Crippen molar-refractivity contribution in [3.63, 3.8) is 0 Å². The summed E-state index contributed by atoms with van der Waals surface area (Å²) in [6, 6.07) is 19.3. The number of hydrogen-bond acceptors (Lipinski definition) is 8. The topological polar surface area (TPSA) is 159 Å². The van der Waals surface area contributed by atoms with Crippen LogP contribution >= 0.6 is 36.2 Å². The number of thiazole rings is 1. The maximum Gasteiger partial charge on any atom is 0.273 e. The second-order valence-corrected chi connectivity index (χ2v) is 13.6. The molecule has 11 nitrogen and oxygen atoms in total. The SMILES string of the molecule is CC(C)[C@H]1NC(=O)c2cncc(c2)CCCNC(=O)CN(C(=O)c2csc([C@@H](N)Cc3ccccc3)n2)CC(Cc2ccccc2)NC1=O.Cl.Cl. The molecule has 272 valence electrons. The fourth-order valence-corrected chi connectivity index (χ4v) is 6.56. The smallest absolute Gasteiger partial charge is 0.273 e. The summed E-state index contributed by atoms with van der Waals surface area (Å²) in [5, 5.41) is 11.2. The minimum Gasteiger partial charge on any atom is -0.355 e. The Morgan fingerprint density at radius 2 is 1.67 bits per heavy atom. The number of nitrogens with zero attached hydrogens (tertiary/aromatic N) is 3. The van der Waals surface area contributed by atoms with Crippen molar-refractivity contribution in [2.75, 3.05) is 19.6 Å². The number of amides is 4. The number of carbonyl (C=O) groups is 4. The third kappa shape index (κ3) is 11.9. The number of pyridine rings is 1. The fourth-order valence-electron chi connectivity index (χ4n) is 5.77. The lowest BCUT2D eigenvalue weighted by atomic mass is 10.0. The van der Waals surface area contributed by atoms with Crippen molar-refractivity contribution < 1.29 is 19.2 Å². The molecular formula is C37H45Cl2N7O4S. The third-order valence-corrected chi connectivity index (χ3v) is 9.32. The molecule has 2 aromatic heterocycles. The molecule has 1 unspecified atom stereocenters. The lowest BCUT2D eigenvalue weighted by Gasteiger charge is -2.30. The average molecular weight is 755 g/mol. The van der Waals surface area contributed by atoms with Gasteiger partial charge in [-0.2, -0.15) is 0 Å². The molecule has 0 aliphatic carbocycles. The van der Waals surface area contributed by atoms with Gasteiger partial charge < -0.3 is 26.6 Å². The van der Waals surface area contributed by atoms with Crippen LogP contribution in [0.2, 0.25) is 0 Å². The van der Waals surface area contributed by atoms with E-state index in [-0.39, 0.29) is 55.4 Å². The van der Waals surface area contributed by atoms with Gasteiger partial charge in [-0.1, -0.05) is 74.5 Å². The quantitative estimate of drug-likeness (QED) is 0.219. The van der Waals surface area contributed by atoms with Crippen LogP contribution in [0, 0.1) is 5.92 Å². The van der Waals surface area contributed by atoms with E-state index in [2.05, 4.69) is 25.9 Å². The number of aromatic nitrogens is 2. The van der Waals surface area contributed by atoms with Crippen LogP contribution in [0.1, 0.15) is 68.9 Å². The highest BCUT2D eigenvalue weighted by molar-refractivity contribution is 7.09. The van der Waals surface area contributed by atoms with Gasteiger partial charge in [0.05, 0.1) is 24.2 Å². The maximum absolute atomic E-state index is 14.1. The molecule has 2 bridgehead atoms. The van der Waals surface area contributed by atoms with Gasteiger partial charge in [-0.15, -0.1) is 36.2 Å². The van der Waals surface area contributed by atoms with Crippen LogP contribution in [0.4, 0.5) is 0 Å². The van der Waals surface area contributed by atoms with E-state index in [1.54, 1.807) is 17.6 Å². The van der Waals surface area contributed by atoms with Crippen molar-refractivity contribution in [2.45, 2.75) is 57.7 Å². The zero-order valence-electron chi connectivity index (χ0n) is 28.6. The van der Waals surface area contributed by atoms with Crippen LogP contribution in [0.25, 0.3) is 0 Å². The van der Waals surface area contributed by atoms with Crippen LogP contribution in [-0.4, -0.2) is 70.2 Å². The van der Waals surface area contributed by atoms with Crippen LogP contribution in [0.5, 0.6) is 0 Å². The van der Waals surface area contributed by atoms with Crippen LogP contribution in [0.15, 0.2) is 84.5 Å². The summed E-state index contributed by atoms with van der Waals surface area (Å²) in [5.74, 6) is -1.80. The minimum atomic E-state index is -0.857. The molecule has 5 N–H and O–H groups in total. The molecule has 3 heterocycles. The number of nitrogens with one attached hydrogen (secondary N) is 3. The molecule has 0 saturated heterocycles. The molecular weight excluding hydrogens is 709 g/mol. The summed E-state index contributed by atoms with van der Waals surface area (Å²) in [6.07, 6.45) is 5.29. The van der Waals surface area contributed by atoms with Crippen molar-refractivity contribution in [1.29, 1.82) is 0 Å². The van der Waals surface area contributed by atoms with E-state index in [1.165, 1.54) is 22.4 Å². The molecule has 2 aromatic carbocycles. The first kappa shape index (κ1) is 41.1. The van der Waals surface area contributed by atoms with Crippen molar-refractivity contribution in [3.05, 3.63) is 117 Å². The highest BCUT2D eigenvalue weighted by atomic mass is 35.5. The van der Waals surface area contributed by atoms with Gasteiger partial charge in [-0.3, -0.25) is 24.2 Å². The molecule has 14 heteroatoms. The summed E-state index contributed by atoms with van der Waals surface area (Å²) < 4.78 is 0. The van der Waals surface area contributed by atoms with Gasteiger partial charge in [-0.05, 0) is 54.4 Å². The Balaban J connectivity index is 0.00000351. The van der Waals surface area contributed by atoms with Gasteiger partial charge in [-0.25, -0.2) is 4.98 Å². The second kappa shape index (κ2) is 19.9. The van der Waals surface area contributed by atoms with E-state index in [0.717, 1.165) is 16.7 Å². The highest BCUT2D eigenvalue weighted by Gasteiger charge is 2.30. The van der Waals surface area contributed by atoms with Gasteiger partial charge in [0.15, 0.2) is 0 Å². The molecule has 1 aliphatic heterocycles. The second-order valence-electron chi connectivity index (χ2n) is 12.7. The Morgan fingerprint density at radius 1 is 0.980 bits per heavy atom. The lowest BCUT2D eigenvalue weighted by Crippen LogP contribution is -2.55. The minimum absolute atomic E-state index is 0. The molecule has 0 fully saturated rings. The molecule has 4 aromatic rings. The van der Waals surface area contributed by atoms with E-state index in [0.29, 0.717) is 42.8 Å². The molecule has 3 atom stereocenters. The zero-order valence-corrected chi connectivity index (χ0v) is 31.1. The van der Waals surface area contributed by atoms with E-state index in [9.17, 15) is 19.2 Å². The average Bonchev–Trinajstić information content (AvgIpc) is 3.60. The first-order valence-electron chi connectivity index (χ1n) is 16.6. The van der Waals surface area contributed by atoms with Gasteiger partial charge in [0.2, 0.25) is 11.8 Å². The summed E-state index contributed by atoms with van der Waals surface area (Å²) in [4.78, 5) is 64.8. The van der Waals surface area contributed by atoms with E-state index >= 15 is 0 Å². The van der Waals surface area contributed by atoms with Gasteiger partial charge in [0.25, 0.3) is 11.8 Å². The number of carbonyl (C=O) groups excluding carboxylic acids is 4. The van der Waals surface area contributed by atoms with E-state index in [4.69, 9.17) is 5.73 Å². The Bertz CT molecular complexity index is 1740. The van der Waals surface area contributed by atoms with Crippen molar-refractivity contribution in [2.24, 2.45) is 11.7 Å². The number of aryl methyl sites for hydroxylation is 1. The standard InChI is InChI=1S/C37H43N7O4S.2ClH/c1-24(2)33-35(47)41-29(17-25-10-5-3-6-11-25)21-44(22-32(45)40-15-9-14-27-16-28(20-39-19-27)34(46)43-33)37(48)31-23-49-36(42-31)30(38)18-26-12-7-4-8-13-26;;/h3-8,10-13,16,19-20,23-24,29-30,33H,9,14-15,17-18,21-22,38H2,1-2H3,(H,40,45)(H,41,47)(H,43,46);2*1H/t29?,30-,33+;;/m0../s1.